The van der Waals surface area contributed by atoms with Gasteiger partial charge in [0.25, 0.3) is 0 Å². The number of alkyl halides is 1. The number of ether oxygens (including phenoxy) is 2. The van der Waals surface area contributed by atoms with Gasteiger partial charge in [-0.2, -0.15) is 0 Å². The normalized spacial score (nSPS) is 30.9. The van der Waals surface area contributed by atoms with E-state index in [0.29, 0.717) is 5.92 Å². The van der Waals surface area contributed by atoms with Crippen LogP contribution < -0.4 is 4.74 Å². The second-order valence-corrected chi connectivity index (χ2v) is 5.99. The number of benzene rings is 1. The third kappa shape index (κ3) is 2.50. The molecule has 2 aliphatic heterocycles. The van der Waals surface area contributed by atoms with E-state index in [1.54, 1.807) is 0 Å². The van der Waals surface area contributed by atoms with Gasteiger partial charge < -0.3 is 9.47 Å². The Morgan fingerprint density at radius 3 is 3.11 bits per heavy atom. The number of halogens is 1. The molecule has 0 bridgehead atoms. The Labute approximate surface area is 113 Å². The van der Waals surface area contributed by atoms with Crippen molar-refractivity contribution >= 4 is 11.6 Å². The third-order valence-corrected chi connectivity index (χ3v) is 4.48. The summed E-state index contributed by atoms with van der Waals surface area (Å²) in [7, 11) is 0. The van der Waals surface area contributed by atoms with Crippen LogP contribution in [0.3, 0.4) is 0 Å². The van der Waals surface area contributed by atoms with Crippen molar-refractivity contribution in [1.29, 1.82) is 0 Å². The quantitative estimate of drug-likeness (QED) is 0.765. The van der Waals surface area contributed by atoms with Crippen molar-refractivity contribution in [2.75, 3.05) is 13.2 Å². The molecule has 3 rings (SSSR count). The van der Waals surface area contributed by atoms with Crippen LogP contribution in [0, 0.1) is 12.8 Å². The van der Waals surface area contributed by atoms with Gasteiger partial charge in [-0.1, -0.05) is 17.7 Å². The molecule has 1 aromatic carbocycles. The summed E-state index contributed by atoms with van der Waals surface area (Å²) in [5.41, 5.74) is 2.64. The van der Waals surface area contributed by atoms with Gasteiger partial charge in [-0.15, -0.1) is 11.6 Å². The first-order valence-electron chi connectivity index (χ1n) is 6.70. The Bertz CT molecular complexity index is 433. The van der Waals surface area contributed by atoms with Gasteiger partial charge in [-0.05, 0) is 31.4 Å². The Hall–Kier alpha value is -0.730. The Balaban J connectivity index is 1.63. The molecule has 2 aliphatic rings. The van der Waals surface area contributed by atoms with Gasteiger partial charge in [-0.3, -0.25) is 0 Å². The van der Waals surface area contributed by atoms with Crippen LogP contribution in [-0.2, 0) is 11.2 Å². The number of fused-ring (bicyclic) bond motifs is 1. The van der Waals surface area contributed by atoms with Gasteiger partial charge in [0.05, 0.1) is 6.61 Å². The highest BCUT2D eigenvalue weighted by molar-refractivity contribution is 6.20. The standard InChI is InChI=1S/C15H19ClO2/c1-10-2-3-15-11(6-10)7-13(18-15)8-12-9-17-5-4-14(12)16/h2-3,6,12-14H,4-5,7-9H2,1H3. The molecule has 1 aromatic rings. The summed E-state index contributed by atoms with van der Waals surface area (Å²) < 4.78 is 11.5. The molecular weight excluding hydrogens is 248 g/mol. The Morgan fingerprint density at radius 1 is 1.39 bits per heavy atom. The highest BCUT2D eigenvalue weighted by Gasteiger charge is 2.30. The van der Waals surface area contributed by atoms with Crippen LogP contribution >= 0.6 is 11.6 Å². The molecule has 2 heterocycles. The van der Waals surface area contributed by atoms with Crippen molar-refractivity contribution in [3.05, 3.63) is 29.3 Å². The first-order chi connectivity index (χ1) is 8.72. The maximum atomic E-state index is 6.36. The second kappa shape index (κ2) is 5.10. The van der Waals surface area contributed by atoms with Gasteiger partial charge in [0, 0.05) is 24.3 Å². The lowest BCUT2D eigenvalue weighted by Crippen LogP contribution is -2.32. The molecule has 3 heteroatoms. The average Bonchev–Trinajstić information content (AvgIpc) is 2.73. The lowest BCUT2D eigenvalue weighted by atomic mass is 9.93. The van der Waals surface area contributed by atoms with E-state index in [1.807, 2.05) is 0 Å². The number of hydrogen-bond acceptors (Lipinski definition) is 2. The molecule has 0 radical (unpaired) electrons. The van der Waals surface area contributed by atoms with Gasteiger partial charge in [-0.25, -0.2) is 0 Å². The van der Waals surface area contributed by atoms with E-state index in [2.05, 4.69) is 25.1 Å². The Morgan fingerprint density at radius 2 is 2.28 bits per heavy atom. The van der Waals surface area contributed by atoms with Crippen molar-refractivity contribution in [3.8, 4) is 5.75 Å². The zero-order chi connectivity index (χ0) is 12.5. The predicted octanol–water partition coefficient (Wildman–Crippen LogP) is 3.33. The highest BCUT2D eigenvalue weighted by atomic mass is 35.5. The van der Waals surface area contributed by atoms with E-state index in [1.165, 1.54) is 11.1 Å². The van der Waals surface area contributed by atoms with Crippen molar-refractivity contribution in [2.24, 2.45) is 5.92 Å². The topological polar surface area (TPSA) is 18.5 Å². The predicted molar refractivity (Wildman–Crippen MR) is 72.5 cm³/mol. The monoisotopic (exact) mass is 266 g/mol. The molecule has 0 spiro atoms. The summed E-state index contributed by atoms with van der Waals surface area (Å²) in [4.78, 5) is 0. The third-order valence-electron chi connectivity index (χ3n) is 3.90. The van der Waals surface area contributed by atoms with Crippen LogP contribution in [0.5, 0.6) is 5.75 Å². The molecular formula is C15H19ClO2. The number of hydrogen-bond donors (Lipinski definition) is 0. The molecule has 3 atom stereocenters. The lowest BCUT2D eigenvalue weighted by Gasteiger charge is -2.28. The molecule has 0 amide bonds. The molecule has 1 fully saturated rings. The molecule has 98 valence electrons. The van der Waals surface area contributed by atoms with Gasteiger partial charge in [0.2, 0.25) is 0 Å². The Kier molecular flexibility index (Phi) is 3.49. The van der Waals surface area contributed by atoms with E-state index < -0.39 is 0 Å². The smallest absolute Gasteiger partial charge is 0.123 e. The first-order valence-corrected chi connectivity index (χ1v) is 7.14. The summed E-state index contributed by atoms with van der Waals surface area (Å²) in [6, 6.07) is 6.42. The molecule has 0 aliphatic carbocycles. The van der Waals surface area contributed by atoms with Crippen molar-refractivity contribution in [1.82, 2.24) is 0 Å². The number of aryl methyl sites for hydroxylation is 1. The van der Waals surface area contributed by atoms with Crippen LogP contribution in [0.4, 0.5) is 0 Å². The van der Waals surface area contributed by atoms with E-state index in [9.17, 15) is 0 Å². The summed E-state index contributed by atoms with van der Waals surface area (Å²) >= 11 is 6.36. The SMILES string of the molecule is Cc1ccc2c(c1)CC(CC1COCCC1Cl)O2. The van der Waals surface area contributed by atoms with E-state index in [0.717, 1.165) is 38.2 Å². The van der Waals surface area contributed by atoms with Crippen molar-refractivity contribution < 1.29 is 9.47 Å². The molecule has 3 unspecified atom stereocenters. The minimum absolute atomic E-state index is 0.243. The first kappa shape index (κ1) is 12.3. The van der Waals surface area contributed by atoms with Crippen LogP contribution in [0.2, 0.25) is 0 Å². The molecule has 0 aromatic heterocycles. The van der Waals surface area contributed by atoms with E-state index >= 15 is 0 Å². The number of rotatable bonds is 2. The maximum absolute atomic E-state index is 6.36. The summed E-state index contributed by atoms with van der Waals surface area (Å²) in [5.74, 6) is 1.48. The lowest BCUT2D eigenvalue weighted by molar-refractivity contribution is 0.0397. The molecule has 18 heavy (non-hydrogen) atoms. The van der Waals surface area contributed by atoms with Crippen molar-refractivity contribution in [3.63, 3.8) is 0 Å². The van der Waals surface area contributed by atoms with Gasteiger partial charge in [0.1, 0.15) is 11.9 Å². The van der Waals surface area contributed by atoms with Gasteiger partial charge >= 0.3 is 0 Å². The average molecular weight is 267 g/mol. The fourth-order valence-electron chi connectivity index (χ4n) is 2.90. The fourth-order valence-corrected chi connectivity index (χ4v) is 3.17. The van der Waals surface area contributed by atoms with Crippen LogP contribution in [0.15, 0.2) is 18.2 Å². The van der Waals surface area contributed by atoms with Crippen LogP contribution in [0.1, 0.15) is 24.0 Å². The highest BCUT2D eigenvalue weighted by Crippen LogP contribution is 2.34. The molecule has 0 saturated carbocycles. The molecule has 0 N–H and O–H groups in total. The largest absolute Gasteiger partial charge is 0.490 e. The summed E-state index contributed by atoms with van der Waals surface area (Å²) in [5, 5.41) is 0.243. The minimum atomic E-state index is 0.243. The van der Waals surface area contributed by atoms with Crippen molar-refractivity contribution in [2.45, 2.75) is 37.7 Å². The van der Waals surface area contributed by atoms with Gasteiger partial charge in [0.15, 0.2) is 0 Å². The maximum Gasteiger partial charge on any atom is 0.123 e. The molecule has 2 nitrogen and oxygen atoms in total. The van der Waals surface area contributed by atoms with E-state index in [4.69, 9.17) is 21.1 Å². The second-order valence-electron chi connectivity index (χ2n) is 5.43. The minimum Gasteiger partial charge on any atom is -0.490 e. The zero-order valence-electron chi connectivity index (χ0n) is 10.7. The summed E-state index contributed by atoms with van der Waals surface area (Å²) in [6.07, 6.45) is 3.25. The van der Waals surface area contributed by atoms with E-state index in [-0.39, 0.29) is 11.5 Å². The van der Waals surface area contributed by atoms with Crippen LogP contribution in [0.25, 0.3) is 0 Å². The summed E-state index contributed by atoms with van der Waals surface area (Å²) in [6.45, 7) is 3.70. The van der Waals surface area contributed by atoms with Crippen LogP contribution in [-0.4, -0.2) is 24.7 Å². The fraction of sp³-hybridized carbons (Fsp3) is 0.600. The molecule has 1 saturated heterocycles. The zero-order valence-corrected chi connectivity index (χ0v) is 11.5.